The lowest BCUT2D eigenvalue weighted by atomic mass is 10.1. The van der Waals surface area contributed by atoms with Crippen molar-refractivity contribution in [1.82, 2.24) is 4.57 Å². The van der Waals surface area contributed by atoms with Crippen LogP contribution in [0.1, 0.15) is 40.6 Å². The van der Waals surface area contributed by atoms with Gasteiger partial charge >= 0.3 is 0 Å². The molecule has 1 amide bonds. The fourth-order valence-electron chi connectivity index (χ4n) is 3.88. The fraction of sp³-hybridized carbons (Fsp3) is 0.231. The molecule has 0 spiro atoms. The lowest BCUT2D eigenvalue weighted by Gasteiger charge is -2.14. The lowest BCUT2D eigenvalue weighted by molar-refractivity contribution is -0.112. The molecule has 0 atom stereocenters. The summed E-state index contributed by atoms with van der Waals surface area (Å²) in [6.45, 7) is 10.2. The standard InChI is InChI=1S/C26H27N3O/c1-6-21-9-7-8-10-25(21)29-19(4)14-22(20(29)5)15-23(16-27)26(30)28-24-12-17(2)11-18(3)13-24/h7-15H,6H2,1-5H3,(H,28,30)/b23-15-. The first-order valence-electron chi connectivity index (χ1n) is 10.1. The number of nitriles is 1. The molecule has 3 aromatic rings. The molecule has 0 saturated heterocycles. The van der Waals surface area contributed by atoms with Crippen molar-refractivity contribution in [3.05, 3.63) is 87.7 Å². The number of hydrogen-bond donors (Lipinski definition) is 1. The van der Waals surface area contributed by atoms with Crippen LogP contribution in [0, 0.1) is 39.0 Å². The highest BCUT2D eigenvalue weighted by Crippen LogP contribution is 2.25. The van der Waals surface area contributed by atoms with Gasteiger partial charge in [-0.05, 0) is 86.7 Å². The van der Waals surface area contributed by atoms with Crippen molar-refractivity contribution >= 4 is 17.7 Å². The van der Waals surface area contributed by atoms with Crippen LogP contribution in [0.4, 0.5) is 5.69 Å². The molecule has 0 saturated carbocycles. The minimum Gasteiger partial charge on any atom is -0.321 e. The summed E-state index contributed by atoms with van der Waals surface area (Å²) in [6.07, 6.45) is 2.60. The van der Waals surface area contributed by atoms with Crippen molar-refractivity contribution in [3.63, 3.8) is 0 Å². The third-order valence-corrected chi connectivity index (χ3v) is 5.23. The Morgan fingerprint density at radius 3 is 2.37 bits per heavy atom. The van der Waals surface area contributed by atoms with Gasteiger partial charge in [-0.3, -0.25) is 4.79 Å². The Hall–Kier alpha value is -3.58. The second-order valence-electron chi connectivity index (χ2n) is 7.64. The van der Waals surface area contributed by atoms with Gasteiger partial charge in [0.1, 0.15) is 11.6 Å². The number of para-hydroxylation sites is 1. The van der Waals surface area contributed by atoms with Crippen LogP contribution in [-0.4, -0.2) is 10.5 Å². The molecule has 0 aliphatic carbocycles. The SMILES string of the molecule is CCc1ccccc1-n1c(C)cc(/C=C(/C#N)C(=O)Nc2cc(C)cc(C)c2)c1C. The Bertz CT molecular complexity index is 1160. The Morgan fingerprint density at radius 1 is 1.07 bits per heavy atom. The summed E-state index contributed by atoms with van der Waals surface area (Å²) in [4.78, 5) is 12.7. The summed E-state index contributed by atoms with van der Waals surface area (Å²) < 4.78 is 2.18. The van der Waals surface area contributed by atoms with E-state index in [0.29, 0.717) is 5.69 Å². The Kier molecular flexibility index (Phi) is 6.23. The molecule has 0 bridgehead atoms. The number of hydrogen-bond acceptors (Lipinski definition) is 2. The van der Waals surface area contributed by atoms with Crippen LogP contribution in [0.25, 0.3) is 11.8 Å². The molecule has 4 heteroatoms. The second kappa shape index (κ2) is 8.84. The first-order valence-corrected chi connectivity index (χ1v) is 10.1. The maximum Gasteiger partial charge on any atom is 0.266 e. The monoisotopic (exact) mass is 397 g/mol. The average molecular weight is 398 g/mol. The molecule has 3 rings (SSSR count). The summed E-state index contributed by atoms with van der Waals surface area (Å²) in [5.74, 6) is -0.402. The van der Waals surface area contributed by atoms with Gasteiger partial charge in [-0.25, -0.2) is 0 Å². The van der Waals surface area contributed by atoms with E-state index in [1.54, 1.807) is 6.08 Å². The maximum atomic E-state index is 12.7. The topological polar surface area (TPSA) is 57.8 Å². The number of nitrogens with zero attached hydrogens (tertiary/aromatic N) is 2. The molecule has 0 unspecified atom stereocenters. The Labute approximate surface area is 178 Å². The fourth-order valence-corrected chi connectivity index (χ4v) is 3.88. The normalized spacial score (nSPS) is 11.3. The molecule has 30 heavy (non-hydrogen) atoms. The zero-order valence-corrected chi connectivity index (χ0v) is 18.2. The largest absolute Gasteiger partial charge is 0.321 e. The van der Waals surface area contributed by atoms with Gasteiger partial charge in [-0.2, -0.15) is 5.26 Å². The molecule has 0 fully saturated rings. The first-order chi connectivity index (χ1) is 14.3. The van der Waals surface area contributed by atoms with Crippen molar-refractivity contribution in [3.8, 4) is 11.8 Å². The van der Waals surface area contributed by atoms with E-state index < -0.39 is 5.91 Å². The van der Waals surface area contributed by atoms with E-state index in [1.165, 1.54) is 5.56 Å². The minimum absolute atomic E-state index is 0.0817. The number of nitrogens with one attached hydrogen (secondary N) is 1. The summed E-state index contributed by atoms with van der Waals surface area (Å²) in [5.41, 5.74) is 8.21. The second-order valence-corrected chi connectivity index (χ2v) is 7.64. The number of anilines is 1. The van der Waals surface area contributed by atoms with Crippen molar-refractivity contribution in [1.29, 1.82) is 5.26 Å². The summed E-state index contributed by atoms with van der Waals surface area (Å²) in [6, 6.07) is 18.2. The molecular formula is C26H27N3O. The molecule has 0 radical (unpaired) electrons. The summed E-state index contributed by atoms with van der Waals surface area (Å²) >= 11 is 0. The van der Waals surface area contributed by atoms with E-state index in [2.05, 4.69) is 35.0 Å². The van der Waals surface area contributed by atoms with Gasteiger partial charge in [0, 0.05) is 22.8 Å². The number of aryl methyl sites for hydroxylation is 4. The number of carbonyl (C=O) groups excluding carboxylic acids is 1. The van der Waals surface area contributed by atoms with Crippen LogP contribution in [-0.2, 0) is 11.2 Å². The third-order valence-electron chi connectivity index (χ3n) is 5.23. The lowest BCUT2D eigenvalue weighted by Crippen LogP contribution is -2.13. The van der Waals surface area contributed by atoms with E-state index in [1.807, 2.05) is 64.1 Å². The van der Waals surface area contributed by atoms with E-state index in [9.17, 15) is 10.1 Å². The number of benzene rings is 2. The highest BCUT2D eigenvalue weighted by atomic mass is 16.1. The van der Waals surface area contributed by atoms with E-state index >= 15 is 0 Å². The predicted molar refractivity (Wildman–Crippen MR) is 123 cm³/mol. The van der Waals surface area contributed by atoms with Crippen LogP contribution in [0.3, 0.4) is 0 Å². The van der Waals surface area contributed by atoms with Crippen LogP contribution in [0.15, 0.2) is 54.1 Å². The molecule has 1 aromatic heterocycles. The molecule has 0 aliphatic heterocycles. The number of rotatable bonds is 5. The number of aromatic nitrogens is 1. The molecule has 152 valence electrons. The average Bonchev–Trinajstić information content (AvgIpc) is 2.98. The zero-order valence-electron chi connectivity index (χ0n) is 18.2. The van der Waals surface area contributed by atoms with Gasteiger partial charge in [0.25, 0.3) is 5.91 Å². The molecule has 4 nitrogen and oxygen atoms in total. The van der Waals surface area contributed by atoms with Crippen molar-refractivity contribution in [2.24, 2.45) is 0 Å². The summed E-state index contributed by atoms with van der Waals surface area (Å²) in [5, 5.41) is 12.5. The van der Waals surface area contributed by atoms with Gasteiger partial charge in [0.15, 0.2) is 0 Å². The maximum absolute atomic E-state index is 12.7. The van der Waals surface area contributed by atoms with E-state index in [0.717, 1.165) is 40.2 Å². The van der Waals surface area contributed by atoms with Crippen LogP contribution in [0.2, 0.25) is 0 Å². The van der Waals surface area contributed by atoms with Gasteiger partial charge in [0.05, 0.1) is 0 Å². The molecular weight excluding hydrogens is 370 g/mol. The minimum atomic E-state index is -0.402. The zero-order chi connectivity index (χ0) is 21.8. The van der Waals surface area contributed by atoms with Crippen molar-refractivity contribution < 1.29 is 4.79 Å². The number of carbonyl (C=O) groups is 1. The van der Waals surface area contributed by atoms with Gasteiger partial charge in [-0.15, -0.1) is 0 Å². The van der Waals surface area contributed by atoms with Crippen LogP contribution in [0.5, 0.6) is 0 Å². The van der Waals surface area contributed by atoms with E-state index in [4.69, 9.17) is 0 Å². The predicted octanol–water partition coefficient (Wildman–Crippen LogP) is 5.82. The molecule has 0 aliphatic rings. The van der Waals surface area contributed by atoms with Crippen LogP contribution < -0.4 is 5.32 Å². The molecule has 1 N–H and O–H groups in total. The first kappa shape index (κ1) is 21.1. The van der Waals surface area contributed by atoms with Crippen LogP contribution >= 0.6 is 0 Å². The molecule has 2 aromatic carbocycles. The van der Waals surface area contributed by atoms with Crippen molar-refractivity contribution in [2.75, 3.05) is 5.32 Å². The third kappa shape index (κ3) is 4.36. The Balaban J connectivity index is 1.97. The summed E-state index contributed by atoms with van der Waals surface area (Å²) in [7, 11) is 0. The smallest absolute Gasteiger partial charge is 0.266 e. The van der Waals surface area contributed by atoms with Gasteiger partial charge in [0.2, 0.25) is 0 Å². The highest BCUT2D eigenvalue weighted by Gasteiger charge is 2.15. The number of amides is 1. The quantitative estimate of drug-likeness (QED) is 0.436. The van der Waals surface area contributed by atoms with Gasteiger partial charge < -0.3 is 9.88 Å². The molecule has 1 heterocycles. The highest BCUT2D eigenvalue weighted by molar-refractivity contribution is 6.09. The van der Waals surface area contributed by atoms with Crippen molar-refractivity contribution in [2.45, 2.75) is 41.0 Å². The van der Waals surface area contributed by atoms with E-state index in [-0.39, 0.29) is 5.57 Å². The van der Waals surface area contributed by atoms with Gasteiger partial charge in [-0.1, -0.05) is 31.2 Å². The Morgan fingerprint density at radius 2 is 1.73 bits per heavy atom.